The highest BCUT2D eigenvalue weighted by atomic mass is 16.5. The van der Waals surface area contributed by atoms with Crippen molar-refractivity contribution in [2.24, 2.45) is 12.5 Å². The second-order valence-electron chi connectivity index (χ2n) is 16.7. The first-order chi connectivity index (χ1) is 28.7. The van der Waals surface area contributed by atoms with Crippen LogP contribution in [0.15, 0.2) is 59.8 Å². The number of carbonyl (C=O) groups is 6. The topological polar surface area (TPSA) is 198 Å². The molecule has 60 heavy (non-hydrogen) atoms. The molecule has 2 aliphatic heterocycles. The zero-order valence-electron chi connectivity index (χ0n) is 34.0. The number of piperidine rings is 1. The van der Waals surface area contributed by atoms with Crippen molar-refractivity contribution < 1.29 is 38.2 Å². The van der Waals surface area contributed by atoms with Crippen LogP contribution in [0.5, 0.6) is 11.5 Å². The number of hydrogen-bond donors (Lipinski definition) is 3. The van der Waals surface area contributed by atoms with E-state index in [1.165, 1.54) is 4.57 Å². The Morgan fingerprint density at radius 3 is 2.37 bits per heavy atom. The van der Waals surface area contributed by atoms with Crippen molar-refractivity contribution in [3.8, 4) is 22.6 Å². The number of nitrogens with zero attached hydrogens (tertiary/aromatic N) is 4. The summed E-state index contributed by atoms with van der Waals surface area (Å²) in [6.07, 6.45) is 9.65. The zero-order chi connectivity index (χ0) is 42.5. The van der Waals surface area contributed by atoms with Crippen LogP contribution in [-0.4, -0.2) is 87.6 Å². The fourth-order valence-electron chi connectivity index (χ4n) is 9.72. The van der Waals surface area contributed by atoms with Gasteiger partial charge in [-0.3, -0.25) is 54.2 Å². The Balaban J connectivity index is 0.793. The summed E-state index contributed by atoms with van der Waals surface area (Å²) in [7, 11) is 6.58. The molecule has 5 amide bonds. The van der Waals surface area contributed by atoms with Crippen LogP contribution >= 0.6 is 0 Å². The number of rotatable bonds is 16. The number of methoxy groups -OCH3 is 2. The molecule has 2 aromatic carbocycles. The Hall–Kier alpha value is -6.42. The number of pyridine rings is 2. The molecule has 4 fully saturated rings. The van der Waals surface area contributed by atoms with E-state index < -0.39 is 29.7 Å². The number of fused-ring (bicyclic) bond motifs is 2. The Kier molecular flexibility index (Phi) is 10.5. The van der Waals surface area contributed by atoms with E-state index in [1.807, 2.05) is 12.1 Å². The van der Waals surface area contributed by atoms with Crippen molar-refractivity contribution in [2.45, 2.75) is 82.3 Å². The molecular weight excluding hydrogens is 771 g/mol. The monoisotopic (exact) mass is 817 g/mol. The molecule has 1 saturated heterocycles. The fraction of sp³-hybridized carbons (Fsp3) is 0.409. The van der Waals surface area contributed by atoms with Gasteiger partial charge in [0.05, 0.1) is 42.8 Å². The fourth-order valence-corrected chi connectivity index (χ4v) is 9.72. The number of imide groups is 2. The molecule has 0 spiro atoms. The zero-order valence-corrected chi connectivity index (χ0v) is 34.0. The number of benzene rings is 2. The van der Waals surface area contributed by atoms with Gasteiger partial charge in [-0.05, 0) is 85.2 Å². The van der Waals surface area contributed by atoms with Gasteiger partial charge < -0.3 is 19.4 Å². The maximum absolute atomic E-state index is 13.5. The summed E-state index contributed by atoms with van der Waals surface area (Å²) < 4.78 is 13.1. The third-order valence-corrected chi connectivity index (χ3v) is 12.3. The molecule has 312 valence electrons. The molecule has 1 atom stereocenters. The Morgan fingerprint density at radius 1 is 0.950 bits per heavy atom. The average Bonchev–Trinajstić information content (AvgIpc) is 3.45. The van der Waals surface area contributed by atoms with E-state index in [2.05, 4.69) is 21.0 Å². The lowest BCUT2D eigenvalue weighted by molar-refractivity contribution is -0.146. The molecule has 1 unspecified atom stereocenters. The summed E-state index contributed by atoms with van der Waals surface area (Å²) in [5, 5.41) is 8.64. The van der Waals surface area contributed by atoms with E-state index in [9.17, 15) is 33.6 Å². The number of aryl methyl sites for hydroxylation is 1. The van der Waals surface area contributed by atoms with Crippen LogP contribution in [0.1, 0.15) is 90.5 Å². The number of hydrogen-bond acceptors (Lipinski definition) is 12. The molecule has 5 aliphatic rings. The Bertz CT molecular complexity index is 2500. The quantitative estimate of drug-likeness (QED) is 0.0835. The van der Waals surface area contributed by atoms with Crippen molar-refractivity contribution in [2.75, 3.05) is 26.6 Å². The standard InChI is InChI=1S/C44H47N7O9/c1-49-20-30(27-14-15-45-19-29(27)40(49)56)25-16-34(59-3)31(35(17-25)60-4)21-50(2)48-37(54)11-6-5-8-26(52)18-43-22-44(23-43,24-43)47-32-10-7-9-28-38(32)42(58)51(41(28)57)33-12-13-36(53)46-39(33)55/h7,9-10,14-17,19-20,33,47H,5-6,8,11-13,18,21-24H2,1-4H3,(H,48,54)(H,46,53,55). The summed E-state index contributed by atoms with van der Waals surface area (Å²) in [4.78, 5) is 94.7. The summed E-state index contributed by atoms with van der Waals surface area (Å²) >= 11 is 0. The number of unbranched alkanes of at least 4 members (excludes halogenated alkanes) is 1. The normalized spacial score (nSPS) is 21.6. The first kappa shape index (κ1) is 40.4. The third-order valence-electron chi connectivity index (χ3n) is 12.3. The first-order valence-electron chi connectivity index (χ1n) is 20.1. The van der Waals surface area contributed by atoms with Crippen LogP contribution in [0.2, 0.25) is 0 Å². The smallest absolute Gasteiger partial charge is 0.264 e. The molecule has 4 aromatic rings. The van der Waals surface area contributed by atoms with Crippen LogP contribution < -0.4 is 31.1 Å². The number of aromatic nitrogens is 2. The van der Waals surface area contributed by atoms with Gasteiger partial charge >= 0.3 is 0 Å². The van der Waals surface area contributed by atoms with Gasteiger partial charge in [-0.1, -0.05) is 6.07 Å². The van der Waals surface area contributed by atoms with Gasteiger partial charge in [0, 0.05) is 75.2 Å². The molecule has 16 nitrogen and oxygen atoms in total. The Labute approximate surface area is 345 Å². The number of anilines is 1. The van der Waals surface area contributed by atoms with Gasteiger partial charge in [-0.15, -0.1) is 0 Å². The average molecular weight is 818 g/mol. The number of ketones is 1. The molecule has 2 bridgehead atoms. The molecule has 16 heteroatoms. The number of hydrazine groups is 1. The maximum atomic E-state index is 13.5. The molecule has 0 radical (unpaired) electrons. The van der Waals surface area contributed by atoms with Crippen LogP contribution in [0.3, 0.4) is 0 Å². The third kappa shape index (κ3) is 7.29. The van der Waals surface area contributed by atoms with Gasteiger partial charge in [-0.2, -0.15) is 0 Å². The van der Waals surface area contributed by atoms with Gasteiger partial charge in [-0.25, -0.2) is 5.01 Å². The second-order valence-corrected chi connectivity index (χ2v) is 16.7. The van der Waals surface area contributed by atoms with Crippen LogP contribution in [0, 0.1) is 5.41 Å². The van der Waals surface area contributed by atoms with Crippen molar-refractivity contribution >= 4 is 51.8 Å². The molecule has 4 heterocycles. The summed E-state index contributed by atoms with van der Waals surface area (Å²) in [5.74, 6) is -1.08. The first-order valence-corrected chi connectivity index (χ1v) is 20.1. The minimum absolute atomic E-state index is 0.0512. The van der Waals surface area contributed by atoms with Gasteiger partial charge in [0.2, 0.25) is 17.7 Å². The number of Topliss-reactive ketones (excluding diaryl/α,β-unsaturated/α-hetero) is 1. The molecule has 2 aromatic heterocycles. The van der Waals surface area contributed by atoms with Gasteiger partial charge in [0.25, 0.3) is 17.4 Å². The van der Waals surface area contributed by atoms with Gasteiger partial charge in [0.15, 0.2) is 0 Å². The SMILES string of the molecule is COc1cc(-c2cn(C)c(=O)c3cnccc23)cc(OC)c1CN(C)NC(=O)CCCCC(=O)CC12CC(Nc3cccc4c3C(=O)N(C3CCC(=O)NC3=O)C4=O)(C1)C2. The summed E-state index contributed by atoms with van der Waals surface area (Å²) in [6.45, 7) is 0.287. The van der Waals surface area contributed by atoms with E-state index >= 15 is 0 Å². The van der Waals surface area contributed by atoms with Crippen molar-refractivity contribution in [3.05, 3.63) is 82.0 Å². The van der Waals surface area contributed by atoms with E-state index in [-0.39, 0.29) is 65.1 Å². The highest BCUT2D eigenvalue weighted by molar-refractivity contribution is 6.25. The van der Waals surface area contributed by atoms with E-state index in [4.69, 9.17) is 9.47 Å². The predicted molar refractivity (Wildman–Crippen MR) is 219 cm³/mol. The lowest BCUT2D eigenvalue weighted by Gasteiger charge is -2.71. The Morgan fingerprint density at radius 2 is 1.67 bits per heavy atom. The predicted octanol–water partition coefficient (Wildman–Crippen LogP) is 4.04. The van der Waals surface area contributed by atoms with Crippen LogP contribution in [0.4, 0.5) is 5.69 Å². The molecule has 3 N–H and O–H groups in total. The molecule has 3 saturated carbocycles. The van der Waals surface area contributed by atoms with Crippen LogP contribution in [-0.2, 0) is 32.8 Å². The number of carbonyl (C=O) groups excluding carboxylic acids is 6. The summed E-state index contributed by atoms with van der Waals surface area (Å²) in [6, 6.07) is 9.57. The minimum atomic E-state index is -1.03. The second kappa shape index (κ2) is 15.6. The highest BCUT2D eigenvalue weighted by Gasteiger charge is 2.68. The summed E-state index contributed by atoms with van der Waals surface area (Å²) in [5.41, 5.74) is 5.73. The number of nitrogens with one attached hydrogen (secondary N) is 3. The number of amides is 5. The highest BCUT2D eigenvalue weighted by Crippen LogP contribution is 2.70. The molecule has 3 aliphatic carbocycles. The van der Waals surface area contributed by atoms with Crippen molar-refractivity contribution in [3.63, 3.8) is 0 Å². The lowest BCUT2D eigenvalue weighted by atomic mass is 9.38. The minimum Gasteiger partial charge on any atom is -0.496 e. The van der Waals surface area contributed by atoms with E-state index in [1.54, 1.807) is 76.2 Å². The molecular formula is C44H47N7O9. The maximum Gasteiger partial charge on any atom is 0.264 e. The van der Waals surface area contributed by atoms with Crippen LogP contribution in [0.25, 0.3) is 21.9 Å². The van der Waals surface area contributed by atoms with E-state index in [0.29, 0.717) is 48.3 Å². The van der Waals surface area contributed by atoms with Crippen molar-refractivity contribution in [1.29, 1.82) is 0 Å². The van der Waals surface area contributed by atoms with Gasteiger partial charge in [0.1, 0.15) is 23.3 Å². The van der Waals surface area contributed by atoms with Crippen molar-refractivity contribution in [1.82, 2.24) is 30.2 Å². The van der Waals surface area contributed by atoms with E-state index in [0.717, 1.165) is 46.2 Å². The largest absolute Gasteiger partial charge is 0.496 e. The molecule has 9 rings (SSSR count). The lowest BCUT2D eigenvalue weighted by Crippen LogP contribution is -2.71. The number of ether oxygens (including phenoxy) is 2.